The van der Waals surface area contributed by atoms with Gasteiger partial charge >= 0.3 is 6.18 Å². The van der Waals surface area contributed by atoms with Gasteiger partial charge in [0.05, 0.1) is 5.56 Å². The van der Waals surface area contributed by atoms with E-state index in [2.05, 4.69) is 10.6 Å². The molecule has 134 valence electrons. The molecule has 0 saturated heterocycles. The van der Waals surface area contributed by atoms with E-state index in [1.807, 2.05) is 0 Å². The van der Waals surface area contributed by atoms with Crippen molar-refractivity contribution >= 4 is 23.2 Å². The van der Waals surface area contributed by atoms with Gasteiger partial charge in [0.25, 0.3) is 5.91 Å². The lowest BCUT2D eigenvalue weighted by atomic mass is 10.1. The largest absolute Gasteiger partial charge is 0.416 e. The Hall–Kier alpha value is -2.35. The van der Waals surface area contributed by atoms with E-state index in [9.17, 15) is 22.8 Å². The summed E-state index contributed by atoms with van der Waals surface area (Å²) in [5, 5.41) is 8.81. The average Bonchev–Trinajstić information content (AvgIpc) is 3.11. The summed E-state index contributed by atoms with van der Waals surface area (Å²) in [7, 11) is 0. The molecule has 1 aromatic heterocycles. The SMILES string of the molecule is O=C(CCCNC(=O)c1ccsc1)NCc1cccc(C(F)(F)F)c1. The molecule has 2 amide bonds. The van der Waals surface area contributed by atoms with Crippen LogP contribution in [-0.4, -0.2) is 18.4 Å². The Morgan fingerprint density at radius 2 is 1.92 bits per heavy atom. The van der Waals surface area contributed by atoms with E-state index < -0.39 is 11.7 Å². The fourth-order valence-electron chi connectivity index (χ4n) is 2.09. The predicted molar refractivity (Wildman–Crippen MR) is 89.2 cm³/mol. The van der Waals surface area contributed by atoms with E-state index in [1.165, 1.54) is 23.5 Å². The number of carbonyl (C=O) groups excluding carboxylic acids is 2. The van der Waals surface area contributed by atoms with Crippen molar-refractivity contribution in [3.63, 3.8) is 0 Å². The van der Waals surface area contributed by atoms with E-state index in [0.717, 1.165) is 12.1 Å². The summed E-state index contributed by atoms with van der Waals surface area (Å²) in [6, 6.07) is 6.55. The molecule has 0 spiro atoms. The standard InChI is InChI=1S/C17H17F3N2O2S/c18-17(19,20)14-4-1-3-12(9-14)10-22-15(23)5-2-7-21-16(24)13-6-8-25-11-13/h1,3-4,6,8-9,11H,2,5,7,10H2,(H,21,24)(H,22,23). The van der Waals surface area contributed by atoms with Crippen LogP contribution in [0.4, 0.5) is 13.2 Å². The summed E-state index contributed by atoms with van der Waals surface area (Å²) in [4.78, 5) is 23.4. The number of nitrogens with one attached hydrogen (secondary N) is 2. The molecule has 0 unspecified atom stereocenters. The first-order valence-electron chi connectivity index (χ1n) is 7.59. The fourth-order valence-corrected chi connectivity index (χ4v) is 2.73. The van der Waals surface area contributed by atoms with Crippen LogP contribution in [0.3, 0.4) is 0 Å². The second kappa shape index (κ2) is 8.66. The molecular weight excluding hydrogens is 353 g/mol. The molecule has 0 bridgehead atoms. The lowest BCUT2D eigenvalue weighted by Crippen LogP contribution is -2.27. The molecule has 0 atom stereocenters. The van der Waals surface area contributed by atoms with E-state index in [4.69, 9.17) is 0 Å². The second-order valence-electron chi connectivity index (χ2n) is 5.35. The lowest BCUT2D eigenvalue weighted by Gasteiger charge is -2.10. The topological polar surface area (TPSA) is 58.2 Å². The predicted octanol–water partition coefficient (Wildman–Crippen LogP) is 3.59. The van der Waals surface area contributed by atoms with Crippen molar-refractivity contribution in [3.05, 3.63) is 57.8 Å². The first kappa shape index (κ1) is 19.0. The van der Waals surface area contributed by atoms with E-state index in [1.54, 1.807) is 16.8 Å². The maximum atomic E-state index is 12.6. The zero-order chi connectivity index (χ0) is 18.3. The molecule has 25 heavy (non-hydrogen) atoms. The van der Waals surface area contributed by atoms with Crippen LogP contribution in [-0.2, 0) is 17.5 Å². The summed E-state index contributed by atoms with van der Waals surface area (Å²) in [6.45, 7) is 0.385. The van der Waals surface area contributed by atoms with Gasteiger partial charge < -0.3 is 10.6 Å². The van der Waals surface area contributed by atoms with Crippen molar-refractivity contribution < 1.29 is 22.8 Å². The van der Waals surface area contributed by atoms with Gasteiger partial charge in [-0.3, -0.25) is 9.59 Å². The zero-order valence-corrected chi connectivity index (χ0v) is 14.0. The highest BCUT2D eigenvalue weighted by Gasteiger charge is 2.30. The van der Waals surface area contributed by atoms with Gasteiger partial charge in [-0.2, -0.15) is 24.5 Å². The Balaban J connectivity index is 1.68. The van der Waals surface area contributed by atoms with Crippen LogP contribution in [0.5, 0.6) is 0 Å². The van der Waals surface area contributed by atoms with Crippen molar-refractivity contribution in [2.45, 2.75) is 25.6 Å². The Labute approximate surface area is 147 Å². The third-order valence-corrected chi connectivity index (χ3v) is 4.08. The van der Waals surface area contributed by atoms with Gasteiger partial charge in [0.2, 0.25) is 5.91 Å². The molecule has 0 saturated carbocycles. The molecule has 1 heterocycles. The Bertz CT molecular complexity index is 715. The van der Waals surface area contributed by atoms with Gasteiger partial charge in [0.1, 0.15) is 0 Å². The van der Waals surface area contributed by atoms with Gasteiger partial charge in [-0.05, 0) is 35.6 Å². The van der Waals surface area contributed by atoms with Crippen molar-refractivity contribution in [1.82, 2.24) is 10.6 Å². The van der Waals surface area contributed by atoms with Crippen LogP contribution in [0, 0.1) is 0 Å². The zero-order valence-electron chi connectivity index (χ0n) is 13.2. The number of benzene rings is 1. The molecule has 1 aromatic carbocycles. The summed E-state index contributed by atoms with van der Waals surface area (Å²) in [6.07, 6.45) is -3.77. The normalized spacial score (nSPS) is 11.2. The lowest BCUT2D eigenvalue weighted by molar-refractivity contribution is -0.137. The van der Waals surface area contributed by atoms with Crippen LogP contribution >= 0.6 is 11.3 Å². The molecular formula is C17H17F3N2O2S. The minimum absolute atomic E-state index is 0.0318. The summed E-state index contributed by atoms with van der Waals surface area (Å²) in [5.41, 5.74) is 0.225. The Kier molecular flexibility index (Phi) is 6.58. The van der Waals surface area contributed by atoms with Crippen LogP contribution in [0.15, 0.2) is 41.1 Å². The number of hydrogen-bond acceptors (Lipinski definition) is 3. The van der Waals surface area contributed by atoms with Crippen molar-refractivity contribution in [1.29, 1.82) is 0 Å². The smallest absolute Gasteiger partial charge is 0.352 e. The van der Waals surface area contributed by atoms with Gasteiger partial charge in [0.15, 0.2) is 0 Å². The van der Waals surface area contributed by atoms with Crippen molar-refractivity contribution in [2.75, 3.05) is 6.54 Å². The first-order valence-corrected chi connectivity index (χ1v) is 8.54. The molecule has 8 heteroatoms. The Morgan fingerprint density at radius 1 is 1.12 bits per heavy atom. The number of carbonyl (C=O) groups is 2. The van der Waals surface area contributed by atoms with E-state index in [0.29, 0.717) is 24.1 Å². The highest BCUT2D eigenvalue weighted by molar-refractivity contribution is 7.08. The minimum atomic E-state index is -4.40. The van der Waals surface area contributed by atoms with Gasteiger partial charge in [-0.25, -0.2) is 0 Å². The van der Waals surface area contributed by atoms with Gasteiger partial charge in [-0.1, -0.05) is 12.1 Å². The monoisotopic (exact) mass is 370 g/mol. The highest BCUT2D eigenvalue weighted by Crippen LogP contribution is 2.29. The van der Waals surface area contributed by atoms with Gasteiger partial charge in [-0.15, -0.1) is 0 Å². The summed E-state index contributed by atoms with van der Waals surface area (Å²) in [5.74, 6) is -0.465. The third kappa shape index (κ3) is 6.22. The van der Waals surface area contributed by atoms with E-state index in [-0.39, 0.29) is 24.8 Å². The third-order valence-electron chi connectivity index (χ3n) is 3.39. The molecule has 4 nitrogen and oxygen atoms in total. The first-order chi connectivity index (χ1) is 11.9. The van der Waals surface area contributed by atoms with Crippen LogP contribution in [0.2, 0.25) is 0 Å². The number of hydrogen-bond donors (Lipinski definition) is 2. The fraction of sp³-hybridized carbons (Fsp3) is 0.294. The van der Waals surface area contributed by atoms with Crippen molar-refractivity contribution in [2.24, 2.45) is 0 Å². The molecule has 0 radical (unpaired) electrons. The van der Waals surface area contributed by atoms with Crippen LogP contribution in [0.1, 0.15) is 34.3 Å². The van der Waals surface area contributed by atoms with Gasteiger partial charge in [0, 0.05) is 30.5 Å². The molecule has 2 rings (SSSR count). The number of halogens is 3. The molecule has 0 aliphatic carbocycles. The average molecular weight is 370 g/mol. The molecule has 2 aromatic rings. The molecule has 2 N–H and O–H groups in total. The maximum Gasteiger partial charge on any atom is 0.416 e. The molecule has 0 aliphatic heterocycles. The number of amides is 2. The number of alkyl halides is 3. The van der Waals surface area contributed by atoms with Crippen LogP contribution < -0.4 is 10.6 Å². The molecule has 0 fully saturated rings. The number of rotatable bonds is 7. The summed E-state index contributed by atoms with van der Waals surface area (Å²) >= 11 is 1.42. The van der Waals surface area contributed by atoms with Crippen molar-refractivity contribution in [3.8, 4) is 0 Å². The minimum Gasteiger partial charge on any atom is -0.352 e. The quantitative estimate of drug-likeness (QED) is 0.732. The van der Waals surface area contributed by atoms with Crippen LogP contribution in [0.25, 0.3) is 0 Å². The summed E-state index contributed by atoms with van der Waals surface area (Å²) < 4.78 is 37.9. The molecule has 0 aliphatic rings. The van der Waals surface area contributed by atoms with E-state index >= 15 is 0 Å². The maximum absolute atomic E-state index is 12.6. The number of thiophene rings is 1. The highest BCUT2D eigenvalue weighted by atomic mass is 32.1. The Morgan fingerprint density at radius 3 is 2.60 bits per heavy atom. The second-order valence-corrected chi connectivity index (χ2v) is 6.13.